The lowest BCUT2D eigenvalue weighted by Crippen LogP contribution is -2.52. The molecule has 1 aromatic rings. The van der Waals surface area contributed by atoms with E-state index < -0.39 is 9.84 Å². The van der Waals surface area contributed by atoms with Crippen LogP contribution in [0.4, 0.5) is 0 Å². The molecule has 0 spiro atoms. The second-order valence-corrected chi connectivity index (χ2v) is 8.72. The van der Waals surface area contributed by atoms with E-state index in [0.717, 1.165) is 31.4 Å². The van der Waals surface area contributed by atoms with Gasteiger partial charge in [-0.15, -0.1) is 0 Å². The third kappa shape index (κ3) is 2.50. The number of sulfone groups is 1. The van der Waals surface area contributed by atoms with Crippen LogP contribution in [0.1, 0.15) is 47.7 Å². The fourth-order valence-corrected chi connectivity index (χ4v) is 4.89. The minimum absolute atomic E-state index is 0.0440. The van der Waals surface area contributed by atoms with E-state index in [-0.39, 0.29) is 23.5 Å². The van der Waals surface area contributed by atoms with Crippen LogP contribution in [0.2, 0.25) is 0 Å². The average Bonchev–Trinajstić information content (AvgIpc) is 3.35. The van der Waals surface area contributed by atoms with Crippen LogP contribution in [0, 0.1) is 5.92 Å². The summed E-state index contributed by atoms with van der Waals surface area (Å²) < 4.78 is 29.2. The van der Waals surface area contributed by atoms with Crippen molar-refractivity contribution in [3.63, 3.8) is 0 Å². The molecule has 5 nitrogen and oxygen atoms in total. The Morgan fingerprint density at radius 1 is 1.24 bits per heavy atom. The van der Waals surface area contributed by atoms with Crippen molar-refractivity contribution in [1.82, 2.24) is 4.90 Å². The van der Waals surface area contributed by atoms with Crippen LogP contribution in [0.15, 0.2) is 16.7 Å². The Bertz CT molecular complexity index is 670. The summed E-state index contributed by atoms with van der Waals surface area (Å²) in [5.41, 5.74) is 0.641. The van der Waals surface area contributed by atoms with E-state index in [9.17, 15) is 13.2 Å². The molecule has 3 aliphatic rings. The largest absolute Gasteiger partial charge is 0.468 e. The highest BCUT2D eigenvalue weighted by Gasteiger charge is 2.44. The Kier molecular flexibility index (Phi) is 2.93. The second-order valence-electron chi connectivity index (χ2n) is 6.49. The molecule has 0 bridgehead atoms. The van der Waals surface area contributed by atoms with Crippen molar-refractivity contribution in [1.29, 1.82) is 0 Å². The van der Waals surface area contributed by atoms with Crippen LogP contribution >= 0.6 is 0 Å². The van der Waals surface area contributed by atoms with Gasteiger partial charge in [0.25, 0.3) is 5.91 Å². The number of hydrogen-bond acceptors (Lipinski definition) is 4. The van der Waals surface area contributed by atoms with Gasteiger partial charge in [0.05, 0.1) is 23.3 Å². The first-order chi connectivity index (χ1) is 10.1. The summed E-state index contributed by atoms with van der Waals surface area (Å²) in [5, 5.41) is 0. The predicted molar refractivity (Wildman–Crippen MR) is 76.9 cm³/mol. The summed E-state index contributed by atoms with van der Waals surface area (Å²) in [5.74, 6) is 1.70. The molecule has 1 saturated heterocycles. The summed E-state index contributed by atoms with van der Waals surface area (Å²) in [6, 6.07) is 1.60. The van der Waals surface area contributed by atoms with Gasteiger partial charge in [-0.25, -0.2) is 8.42 Å². The molecule has 0 aromatic carbocycles. The Hall–Kier alpha value is -1.30. The van der Waals surface area contributed by atoms with Gasteiger partial charge in [-0.1, -0.05) is 0 Å². The van der Waals surface area contributed by atoms with Gasteiger partial charge in [-0.2, -0.15) is 0 Å². The molecule has 2 aliphatic carbocycles. The number of amides is 1. The van der Waals surface area contributed by atoms with Gasteiger partial charge in [0.1, 0.15) is 5.76 Å². The van der Waals surface area contributed by atoms with E-state index >= 15 is 0 Å². The first-order valence-corrected chi connectivity index (χ1v) is 9.46. The van der Waals surface area contributed by atoms with Gasteiger partial charge < -0.3 is 9.32 Å². The van der Waals surface area contributed by atoms with E-state index in [0.29, 0.717) is 23.9 Å². The molecule has 2 heterocycles. The molecule has 1 unspecified atom stereocenters. The normalized spacial score (nSPS) is 28.6. The van der Waals surface area contributed by atoms with Crippen molar-refractivity contribution in [3.8, 4) is 0 Å². The molecule has 114 valence electrons. The van der Waals surface area contributed by atoms with Crippen LogP contribution in [0.5, 0.6) is 0 Å². The zero-order valence-electron chi connectivity index (χ0n) is 11.8. The van der Waals surface area contributed by atoms with E-state index in [2.05, 4.69) is 0 Å². The third-order valence-electron chi connectivity index (χ3n) is 4.77. The van der Waals surface area contributed by atoms with Gasteiger partial charge in [0.2, 0.25) is 0 Å². The number of hydrogen-bond donors (Lipinski definition) is 0. The Morgan fingerprint density at radius 2 is 2.00 bits per heavy atom. The molecule has 1 atom stereocenters. The molecule has 2 saturated carbocycles. The summed E-state index contributed by atoms with van der Waals surface area (Å²) in [7, 11) is -3.00. The number of rotatable bonds is 3. The van der Waals surface area contributed by atoms with Gasteiger partial charge >= 0.3 is 0 Å². The fraction of sp³-hybridized carbons (Fsp3) is 0.667. The Morgan fingerprint density at radius 3 is 2.67 bits per heavy atom. The third-order valence-corrected chi connectivity index (χ3v) is 6.42. The average molecular weight is 309 g/mol. The molecule has 1 amide bonds. The van der Waals surface area contributed by atoms with Crippen molar-refractivity contribution in [2.45, 2.75) is 37.6 Å². The van der Waals surface area contributed by atoms with Crippen LogP contribution in [0.25, 0.3) is 0 Å². The highest BCUT2D eigenvalue weighted by atomic mass is 32.2. The molecule has 4 rings (SSSR count). The van der Waals surface area contributed by atoms with Crippen LogP contribution in [-0.2, 0) is 9.84 Å². The highest BCUT2D eigenvalue weighted by molar-refractivity contribution is 7.91. The maximum absolute atomic E-state index is 12.8. The van der Waals surface area contributed by atoms with Gasteiger partial charge in [-0.05, 0) is 37.7 Å². The first-order valence-electron chi connectivity index (χ1n) is 7.64. The second kappa shape index (κ2) is 4.60. The van der Waals surface area contributed by atoms with Crippen molar-refractivity contribution in [2.75, 3.05) is 18.1 Å². The summed E-state index contributed by atoms with van der Waals surface area (Å²) >= 11 is 0. The smallest absolute Gasteiger partial charge is 0.257 e. The van der Waals surface area contributed by atoms with Crippen LogP contribution in [-0.4, -0.2) is 43.3 Å². The molecule has 3 fully saturated rings. The van der Waals surface area contributed by atoms with Crippen molar-refractivity contribution in [3.05, 3.63) is 23.7 Å². The molecule has 0 radical (unpaired) electrons. The van der Waals surface area contributed by atoms with E-state index in [1.807, 2.05) is 0 Å². The fourth-order valence-electron chi connectivity index (χ4n) is 3.27. The number of carbonyl (C=O) groups is 1. The minimum atomic E-state index is -3.00. The molecule has 21 heavy (non-hydrogen) atoms. The van der Waals surface area contributed by atoms with Crippen LogP contribution in [0.3, 0.4) is 0 Å². The zero-order chi connectivity index (χ0) is 14.6. The maximum atomic E-state index is 12.8. The molecule has 6 heteroatoms. The SMILES string of the molecule is O=C(c1ccoc1C1CC1)N1CCS(=O)(=O)CC1C1CC1. The first kappa shape index (κ1) is 13.4. The Labute approximate surface area is 124 Å². The Balaban J connectivity index is 1.61. The molecule has 1 aliphatic heterocycles. The standard InChI is InChI=1S/C15H19NO4S/c17-15(12-5-7-20-14(12)11-3-4-11)16-6-8-21(18,19)9-13(16)10-1-2-10/h5,7,10-11,13H,1-4,6,8-9H2. The maximum Gasteiger partial charge on any atom is 0.257 e. The van der Waals surface area contributed by atoms with Gasteiger partial charge in [0, 0.05) is 18.5 Å². The summed E-state index contributed by atoms with van der Waals surface area (Å²) in [4.78, 5) is 14.6. The predicted octanol–water partition coefficient (Wildman–Crippen LogP) is 1.81. The van der Waals surface area contributed by atoms with Crippen molar-refractivity contribution >= 4 is 15.7 Å². The molecular formula is C15H19NO4S. The zero-order valence-corrected chi connectivity index (χ0v) is 12.6. The molecule has 1 aromatic heterocycles. The summed E-state index contributed by atoms with van der Waals surface area (Å²) in [6.45, 7) is 0.317. The monoisotopic (exact) mass is 309 g/mol. The number of furan rings is 1. The van der Waals surface area contributed by atoms with E-state index in [4.69, 9.17) is 4.42 Å². The van der Waals surface area contributed by atoms with Gasteiger partial charge in [0.15, 0.2) is 9.84 Å². The van der Waals surface area contributed by atoms with Gasteiger partial charge in [-0.3, -0.25) is 4.79 Å². The quantitative estimate of drug-likeness (QED) is 0.854. The lowest BCUT2D eigenvalue weighted by Gasteiger charge is -2.35. The topological polar surface area (TPSA) is 67.6 Å². The van der Waals surface area contributed by atoms with E-state index in [1.54, 1.807) is 17.2 Å². The van der Waals surface area contributed by atoms with Crippen molar-refractivity contribution in [2.24, 2.45) is 5.92 Å². The van der Waals surface area contributed by atoms with Crippen molar-refractivity contribution < 1.29 is 17.6 Å². The number of nitrogens with zero attached hydrogens (tertiary/aromatic N) is 1. The molecule has 0 N–H and O–H groups in total. The van der Waals surface area contributed by atoms with E-state index in [1.165, 1.54) is 0 Å². The molecular weight excluding hydrogens is 290 g/mol. The summed E-state index contributed by atoms with van der Waals surface area (Å²) in [6.07, 6.45) is 5.80. The lowest BCUT2D eigenvalue weighted by atomic mass is 10.1. The number of carbonyl (C=O) groups excluding carboxylic acids is 1. The lowest BCUT2D eigenvalue weighted by molar-refractivity contribution is 0.0676. The minimum Gasteiger partial charge on any atom is -0.468 e. The van der Waals surface area contributed by atoms with Crippen LogP contribution < -0.4 is 0 Å². The highest BCUT2D eigenvalue weighted by Crippen LogP contribution is 2.43.